The van der Waals surface area contributed by atoms with Gasteiger partial charge in [-0.05, 0) is 25.2 Å². The minimum Gasteiger partial charge on any atom is -0.481 e. The van der Waals surface area contributed by atoms with Gasteiger partial charge in [0.25, 0.3) is 0 Å². The number of hydrogen-bond acceptors (Lipinski definition) is 4. The number of carboxylic acids is 1. The third-order valence-corrected chi connectivity index (χ3v) is 5.51. The summed E-state index contributed by atoms with van der Waals surface area (Å²) in [5.41, 5.74) is 0. The lowest BCUT2D eigenvalue weighted by atomic mass is 9.87. The summed E-state index contributed by atoms with van der Waals surface area (Å²) >= 11 is 0. The van der Waals surface area contributed by atoms with Crippen LogP contribution in [0.15, 0.2) is 12.2 Å². The molecular weight excluding hydrogens is 320 g/mol. The Morgan fingerprint density at radius 1 is 1.12 bits per heavy atom. The van der Waals surface area contributed by atoms with Crippen molar-refractivity contribution in [3.63, 3.8) is 0 Å². The molecule has 5 nitrogen and oxygen atoms in total. The van der Waals surface area contributed by atoms with Gasteiger partial charge in [-0.15, -0.1) is 0 Å². The first-order valence-corrected chi connectivity index (χ1v) is 10.0. The van der Waals surface area contributed by atoms with Crippen LogP contribution in [-0.4, -0.2) is 34.5 Å². The molecule has 1 saturated carbocycles. The summed E-state index contributed by atoms with van der Waals surface area (Å²) in [5, 5.41) is 18.8. The van der Waals surface area contributed by atoms with Crippen LogP contribution in [0.4, 0.5) is 0 Å². The highest BCUT2D eigenvalue weighted by molar-refractivity contribution is 5.66. The van der Waals surface area contributed by atoms with Crippen molar-refractivity contribution in [2.45, 2.75) is 95.9 Å². The van der Waals surface area contributed by atoms with E-state index in [1.54, 1.807) is 0 Å². The van der Waals surface area contributed by atoms with E-state index in [4.69, 9.17) is 14.9 Å². The number of unbranched alkanes of at least 4 members (excludes halogenated alkanes) is 5. The van der Waals surface area contributed by atoms with E-state index in [-0.39, 0.29) is 24.7 Å². The van der Waals surface area contributed by atoms with Crippen molar-refractivity contribution in [3.8, 4) is 0 Å². The summed E-state index contributed by atoms with van der Waals surface area (Å²) in [6, 6.07) is 0. The zero-order chi connectivity index (χ0) is 18.1. The predicted octanol–water partition coefficient (Wildman–Crippen LogP) is 4.24. The van der Waals surface area contributed by atoms with Gasteiger partial charge in [-0.3, -0.25) is 4.79 Å². The van der Waals surface area contributed by atoms with Crippen molar-refractivity contribution in [2.75, 3.05) is 0 Å². The fourth-order valence-electron chi connectivity index (χ4n) is 4.05. The first-order valence-electron chi connectivity index (χ1n) is 10.0. The standard InChI is InChI=1S/C20H34O5/c1-2-3-6-9-15(21)12-13-17-16(18-14-19(17)25-24-18)10-7-4-5-8-11-20(22)23/h12-13,15-19,21H,2-11,14H2,1H3,(H,22,23)/t15-,16-,17+,18-,19+/m0/s1. The van der Waals surface area contributed by atoms with E-state index >= 15 is 0 Å². The normalized spacial score (nSPS) is 29.5. The number of fused-ring (bicyclic) bond motifs is 2. The van der Waals surface area contributed by atoms with Gasteiger partial charge in [0.2, 0.25) is 0 Å². The quantitative estimate of drug-likeness (QED) is 0.294. The second-order valence-electron chi connectivity index (χ2n) is 7.54. The third kappa shape index (κ3) is 6.72. The van der Waals surface area contributed by atoms with Crippen LogP contribution in [-0.2, 0) is 14.6 Å². The second kappa shape index (κ2) is 10.9. The zero-order valence-corrected chi connectivity index (χ0v) is 15.4. The second-order valence-corrected chi connectivity index (χ2v) is 7.54. The molecule has 5 heteroatoms. The van der Waals surface area contributed by atoms with Crippen molar-refractivity contribution in [2.24, 2.45) is 11.8 Å². The fourth-order valence-corrected chi connectivity index (χ4v) is 4.05. The van der Waals surface area contributed by atoms with Crippen LogP contribution in [0.25, 0.3) is 0 Å². The Morgan fingerprint density at radius 2 is 1.88 bits per heavy atom. The van der Waals surface area contributed by atoms with Crippen molar-refractivity contribution in [1.82, 2.24) is 0 Å². The number of carboxylic acid groups (broad SMARTS) is 1. The smallest absolute Gasteiger partial charge is 0.303 e. The molecule has 0 radical (unpaired) electrons. The Labute approximate surface area is 151 Å². The van der Waals surface area contributed by atoms with Crippen molar-refractivity contribution < 1.29 is 24.8 Å². The minimum absolute atomic E-state index is 0.126. The average Bonchev–Trinajstić information content (AvgIpc) is 3.17. The molecule has 0 aromatic heterocycles. The van der Waals surface area contributed by atoms with E-state index in [0.29, 0.717) is 11.8 Å². The maximum atomic E-state index is 10.5. The minimum atomic E-state index is -0.707. The molecular formula is C20H34O5. The third-order valence-electron chi connectivity index (χ3n) is 5.51. The Morgan fingerprint density at radius 3 is 2.64 bits per heavy atom. The predicted molar refractivity (Wildman–Crippen MR) is 96.0 cm³/mol. The van der Waals surface area contributed by atoms with Gasteiger partial charge in [0.05, 0.1) is 12.2 Å². The number of aliphatic carboxylic acids is 1. The van der Waals surface area contributed by atoms with Gasteiger partial charge >= 0.3 is 5.97 Å². The number of aliphatic hydroxyl groups excluding tert-OH is 1. The summed E-state index contributed by atoms with van der Waals surface area (Å²) in [6.07, 6.45) is 14.5. The zero-order valence-electron chi connectivity index (χ0n) is 15.4. The first kappa shape index (κ1) is 20.4. The molecule has 0 amide bonds. The maximum absolute atomic E-state index is 10.5. The molecule has 1 aliphatic carbocycles. The van der Waals surface area contributed by atoms with E-state index in [2.05, 4.69) is 13.0 Å². The van der Waals surface area contributed by atoms with Crippen LogP contribution in [0.3, 0.4) is 0 Å². The summed E-state index contributed by atoms with van der Waals surface area (Å²) < 4.78 is 0. The molecule has 2 fully saturated rings. The molecule has 25 heavy (non-hydrogen) atoms. The first-order chi connectivity index (χ1) is 12.1. The molecule has 0 aromatic carbocycles. The summed E-state index contributed by atoms with van der Waals surface area (Å²) in [6.45, 7) is 2.17. The van der Waals surface area contributed by atoms with Gasteiger partial charge in [0.15, 0.2) is 0 Å². The van der Waals surface area contributed by atoms with E-state index in [1.807, 2.05) is 6.08 Å². The van der Waals surface area contributed by atoms with Gasteiger partial charge in [0.1, 0.15) is 6.10 Å². The van der Waals surface area contributed by atoms with Gasteiger partial charge in [0, 0.05) is 18.8 Å². The molecule has 0 spiro atoms. The molecule has 144 valence electrons. The van der Waals surface area contributed by atoms with Crippen LogP contribution in [0.5, 0.6) is 0 Å². The maximum Gasteiger partial charge on any atom is 0.303 e. The molecule has 1 aliphatic heterocycles. The van der Waals surface area contributed by atoms with Crippen LogP contribution < -0.4 is 0 Å². The molecule has 0 aromatic rings. The van der Waals surface area contributed by atoms with Crippen LogP contribution >= 0.6 is 0 Å². The van der Waals surface area contributed by atoms with Gasteiger partial charge in [-0.2, -0.15) is 0 Å². The lowest BCUT2D eigenvalue weighted by molar-refractivity contribution is -0.337. The van der Waals surface area contributed by atoms with Crippen LogP contribution in [0.2, 0.25) is 0 Å². The highest BCUT2D eigenvalue weighted by Crippen LogP contribution is 2.45. The van der Waals surface area contributed by atoms with Gasteiger partial charge < -0.3 is 10.2 Å². The molecule has 1 heterocycles. The molecule has 2 N–H and O–H groups in total. The van der Waals surface area contributed by atoms with Crippen LogP contribution in [0, 0.1) is 11.8 Å². The Balaban J connectivity index is 1.71. The summed E-state index contributed by atoms with van der Waals surface area (Å²) in [4.78, 5) is 21.3. The molecule has 2 bridgehead atoms. The lowest BCUT2D eigenvalue weighted by Crippen LogP contribution is -2.29. The van der Waals surface area contributed by atoms with E-state index in [1.165, 1.54) is 12.8 Å². The van der Waals surface area contributed by atoms with Crippen molar-refractivity contribution >= 4 is 5.97 Å². The monoisotopic (exact) mass is 354 g/mol. The van der Waals surface area contributed by atoms with Gasteiger partial charge in [-0.25, -0.2) is 9.78 Å². The van der Waals surface area contributed by atoms with Crippen molar-refractivity contribution in [1.29, 1.82) is 0 Å². The Bertz CT molecular complexity index is 422. The molecule has 2 rings (SSSR count). The Kier molecular flexibility index (Phi) is 8.93. The van der Waals surface area contributed by atoms with Crippen molar-refractivity contribution in [3.05, 3.63) is 12.2 Å². The number of aliphatic hydroxyl groups is 1. The van der Waals surface area contributed by atoms with Gasteiger partial charge in [-0.1, -0.05) is 57.6 Å². The molecule has 5 atom stereocenters. The fraction of sp³-hybridized carbons (Fsp3) is 0.850. The van der Waals surface area contributed by atoms with E-state index < -0.39 is 5.97 Å². The summed E-state index contributed by atoms with van der Waals surface area (Å²) in [7, 11) is 0. The number of rotatable bonds is 13. The lowest BCUT2D eigenvalue weighted by Gasteiger charge is -2.28. The van der Waals surface area contributed by atoms with Crippen LogP contribution in [0.1, 0.15) is 77.6 Å². The average molecular weight is 354 g/mol. The topological polar surface area (TPSA) is 76.0 Å². The Hall–Kier alpha value is -0.910. The highest BCUT2D eigenvalue weighted by Gasteiger charge is 2.49. The largest absolute Gasteiger partial charge is 0.481 e. The summed E-state index contributed by atoms with van der Waals surface area (Å²) in [5.74, 6) is 0.0808. The molecule has 0 unspecified atom stereocenters. The molecule has 2 aliphatic rings. The SMILES string of the molecule is CCCCC[C@H](O)C=C[C@@H]1[C@H](CCCCCCC(=O)O)[C@@H]2C[C@H]1OO2. The number of carbonyl (C=O) groups is 1. The highest BCUT2D eigenvalue weighted by atomic mass is 17.2. The molecule has 1 saturated heterocycles. The van der Waals surface area contributed by atoms with E-state index in [9.17, 15) is 9.90 Å². The number of hydrogen-bond donors (Lipinski definition) is 2. The van der Waals surface area contributed by atoms with E-state index in [0.717, 1.165) is 51.4 Å².